The maximum absolute atomic E-state index is 15.3. The molecule has 2 saturated heterocycles. The van der Waals surface area contributed by atoms with Crippen LogP contribution in [0.3, 0.4) is 0 Å². The Labute approximate surface area is 339 Å². The van der Waals surface area contributed by atoms with Crippen LogP contribution in [0.25, 0.3) is 10.9 Å². The van der Waals surface area contributed by atoms with Crippen LogP contribution in [0.5, 0.6) is 5.75 Å². The van der Waals surface area contributed by atoms with E-state index in [9.17, 15) is 19.8 Å². The Morgan fingerprint density at radius 1 is 0.966 bits per heavy atom. The number of methoxy groups -OCH3 is 3. The lowest BCUT2D eigenvalue weighted by Crippen LogP contribution is -2.80. The first-order valence-corrected chi connectivity index (χ1v) is 20.8. The van der Waals surface area contributed by atoms with Crippen LogP contribution in [0, 0.1) is 11.3 Å². The molecule has 5 aliphatic heterocycles. The van der Waals surface area contributed by atoms with Gasteiger partial charge < -0.3 is 39.5 Å². The minimum Gasteiger partial charge on any atom is -0.496 e. The van der Waals surface area contributed by atoms with Crippen molar-refractivity contribution < 1.29 is 43.5 Å². The van der Waals surface area contributed by atoms with Gasteiger partial charge in [0.15, 0.2) is 6.10 Å². The van der Waals surface area contributed by atoms with Crippen LogP contribution in [0.4, 0.5) is 5.69 Å². The number of carbonyl (C=O) groups is 3. The predicted molar refractivity (Wildman–Crippen MR) is 216 cm³/mol. The average Bonchev–Trinajstić information content (AvgIpc) is 3.92. The Morgan fingerprint density at radius 2 is 1.74 bits per heavy atom. The molecule has 310 valence electrons. The highest BCUT2D eigenvalue weighted by atomic mass is 16.6. The molecule has 4 N–H and O–H groups in total. The van der Waals surface area contributed by atoms with E-state index < -0.39 is 57.5 Å². The van der Waals surface area contributed by atoms with Gasteiger partial charge in [-0.3, -0.25) is 19.4 Å². The number of aromatic nitrogens is 1. The molecular weight excluding hydrogens is 741 g/mol. The summed E-state index contributed by atoms with van der Waals surface area (Å²) in [6, 6.07) is 10.8. The number of H-pyrrole nitrogens is 1. The van der Waals surface area contributed by atoms with Crippen molar-refractivity contribution in [1.29, 1.82) is 0 Å². The molecule has 2 unspecified atom stereocenters. The van der Waals surface area contributed by atoms with Gasteiger partial charge in [-0.15, -0.1) is 0 Å². The van der Waals surface area contributed by atoms with Crippen LogP contribution in [-0.2, 0) is 45.8 Å². The first-order valence-electron chi connectivity index (χ1n) is 20.8. The number of aliphatic hydroxyl groups is 2. The first kappa shape index (κ1) is 39.1. The molecule has 6 heterocycles. The maximum atomic E-state index is 15.3. The minimum absolute atomic E-state index is 0.0982. The van der Waals surface area contributed by atoms with Crippen LogP contribution < -0.4 is 10.1 Å². The van der Waals surface area contributed by atoms with E-state index in [0.717, 1.165) is 27.7 Å². The number of piperidine rings is 1. The fourth-order valence-corrected chi connectivity index (χ4v) is 13.0. The molecule has 1 aliphatic carbocycles. The average molecular weight is 797 g/mol. The highest BCUT2D eigenvalue weighted by Gasteiger charge is 2.79. The fraction of sp³-hybridized carbons (Fsp3) is 0.578. The molecule has 13 heteroatoms. The number of benzene rings is 2. The zero-order chi connectivity index (χ0) is 41.0. The number of anilines is 1. The largest absolute Gasteiger partial charge is 0.496 e. The topological polar surface area (TPSA) is 163 Å². The number of para-hydroxylation sites is 1. The van der Waals surface area contributed by atoms with Crippen molar-refractivity contribution in [3.05, 3.63) is 70.9 Å². The number of ether oxygens (including phenoxy) is 4. The fourth-order valence-electron chi connectivity index (χ4n) is 13.0. The number of hydrogen-bond acceptors (Lipinski definition) is 12. The second-order valence-corrected chi connectivity index (χ2v) is 17.8. The van der Waals surface area contributed by atoms with Gasteiger partial charge in [-0.05, 0) is 74.2 Å². The number of hydrogen-bond donors (Lipinski definition) is 4. The summed E-state index contributed by atoms with van der Waals surface area (Å²) in [5, 5.41) is 29.7. The highest BCUT2D eigenvalue weighted by molar-refractivity contribution is 5.95. The SMILES string of the molecule is CC[C@]1(O)C[C@H]2CN(CCc3c([nH]c4ccccc34)[C@@](C(=O)OC)(c3cc4c(cc3OC)N[C@H]3[C@@](O)(C(=O)OC)[C@H](OC(C)=O)[C@]5(CC)C=CCN6CC[C@]43C65)C2)C1. The molecular formula is C45H56N4O9. The maximum Gasteiger partial charge on any atom is 0.344 e. The molecule has 1 spiro atoms. The normalized spacial score (nSPS) is 37.2. The molecule has 3 fully saturated rings. The Kier molecular flexibility index (Phi) is 9.12. The van der Waals surface area contributed by atoms with E-state index in [4.69, 9.17) is 18.9 Å². The molecule has 10 atom stereocenters. The molecule has 58 heavy (non-hydrogen) atoms. The zero-order valence-electron chi connectivity index (χ0n) is 34.4. The van der Waals surface area contributed by atoms with Gasteiger partial charge in [0.1, 0.15) is 11.2 Å². The van der Waals surface area contributed by atoms with Crippen LogP contribution >= 0.6 is 0 Å². The number of aromatic amines is 1. The molecule has 0 radical (unpaired) electrons. The summed E-state index contributed by atoms with van der Waals surface area (Å²) in [4.78, 5) is 50.9. The van der Waals surface area contributed by atoms with E-state index in [1.807, 2.05) is 50.3 Å². The Morgan fingerprint density at radius 3 is 2.45 bits per heavy atom. The number of nitrogens with one attached hydrogen (secondary N) is 2. The molecule has 3 aromatic rings. The third-order valence-corrected chi connectivity index (χ3v) is 15.2. The summed E-state index contributed by atoms with van der Waals surface area (Å²) >= 11 is 0. The van der Waals surface area contributed by atoms with Gasteiger partial charge >= 0.3 is 17.9 Å². The highest BCUT2D eigenvalue weighted by Crippen LogP contribution is 2.67. The van der Waals surface area contributed by atoms with Crippen molar-refractivity contribution in [2.24, 2.45) is 11.3 Å². The van der Waals surface area contributed by atoms with E-state index in [0.29, 0.717) is 88.2 Å². The minimum atomic E-state index is -2.31. The predicted octanol–water partition coefficient (Wildman–Crippen LogP) is 3.97. The van der Waals surface area contributed by atoms with E-state index in [2.05, 4.69) is 32.2 Å². The Hall–Kier alpha value is -4.43. The second-order valence-electron chi connectivity index (χ2n) is 17.8. The quantitative estimate of drug-likeness (QED) is 0.155. The second kappa shape index (κ2) is 13.6. The van der Waals surface area contributed by atoms with E-state index in [1.165, 1.54) is 21.1 Å². The summed E-state index contributed by atoms with van der Waals surface area (Å²) < 4.78 is 23.7. The van der Waals surface area contributed by atoms with Crippen molar-refractivity contribution in [2.75, 3.05) is 59.4 Å². The van der Waals surface area contributed by atoms with Crippen LogP contribution in [0.1, 0.15) is 75.3 Å². The lowest BCUT2D eigenvalue weighted by molar-refractivity contribution is -0.226. The summed E-state index contributed by atoms with van der Waals surface area (Å²) in [7, 11) is 4.25. The summed E-state index contributed by atoms with van der Waals surface area (Å²) in [6.45, 7) is 8.59. The number of esters is 3. The van der Waals surface area contributed by atoms with Gasteiger partial charge in [-0.1, -0.05) is 44.2 Å². The molecule has 1 aromatic heterocycles. The van der Waals surface area contributed by atoms with Crippen molar-refractivity contribution >= 4 is 34.5 Å². The van der Waals surface area contributed by atoms with Gasteiger partial charge in [0, 0.05) is 83.9 Å². The molecule has 2 aromatic carbocycles. The van der Waals surface area contributed by atoms with Crippen LogP contribution in [0.2, 0.25) is 0 Å². The monoisotopic (exact) mass is 796 g/mol. The third kappa shape index (κ3) is 5.05. The standard InChI is InChI=1S/C45H56N4O9/c1-7-41(53)22-27-23-44(39(51)56-5,35-29(14-18-48(24-27)25-41)28-12-9-10-13-32(28)46-35)31-20-30-33(21-34(31)55-4)47-36-43(30)16-19-49-17-11-15-42(8-2,37(43)49)38(58-26(3)50)45(36,54)40(52)57-6/h9-13,15,20-21,27,36-38,46-47,53-54H,7-8,14,16-19,22-25H2,1-6H3/t27-,36-,37?,38-,41+,42-,43+,44+,45+/m1/s1. The van der Waals surface area contributed by atoms with Crippen molar-refractivity contribution in [3.63, 3.8) is 0 Å². The van der Waals surface area contributed by atoms with Crippen molar-refractivity contribution in [3.8, 4) is 5.75 Å². The Balaban J connectivity index is 1.34. The number of nitrogens with zero attached hydrogens (tertiary/aromatic N) is 2. The van der Waals surface area contributed by atoms with Gasteiger partial charge in [-0.25, -0.2) is 4.79 Å². The van der Waals surface area contributed by atoms with E-state index >= 15 is 4.79 Å². The lowest BCUT2D eigenvalue weighted by Gasteiger charge is -2.62. The zero-order valence-corrected chi connectivity index (χ0v) is 34.4. The van der Waals surface area contributed by atoms with Crippen molar-refractivity contribution in [1.82, 2.24) is 14.8 Å². The summed E-state index contributed by atoms with van der Waals surface area (Å²) in [5.74, 6) is -1.61. The van der Waals surface area contributed by atoms with Crippen molar-refractivity contribution in [2.45, 2.75) is 99.5 Å². The smallest absolute Gasteiger partial charge is 0.344 e. The van der Waals surface area contributed by atoms with Crippen LogP contribution in [0.15, 0.2) is 48.6 Å². The summed E-state index contributed by atoms with van der Waals surface area (Å²) in [6.07, 6.45) is 5.90. The molecule has 0 amide bonds. The molecule has 6 aliphatic rings. The molecule has 9 rings (SSSR count). The molecule has 1 saturated carbocycles. The Bertz CT molecular complexity index is 2220. The van der Waals surface area contributed by atoms with Gasteiger partial charge in [0.05, 0.1) is 33.0 Å². The first-order chi connectivity index (χ1) is 27.8. The number of carbonyl (C=O) groups excluding carboxylic acids is 3. The summed E-state index contributed by atoms with van der Waals surface area (Å²) in [5.41, 5.74) is -1.78. The van der Waals surface area contributed by atoms with E-state index in [1.54, 1.807) is 7.11 Å². The van der Waals surface area contributed by atoms with E-state index in [-0.39, 0.29) is 12.0 Å². The molecule has 2 bridgehead atoms. The molecule has 13 nitrogen and oxygen atoms in total. The van der Waals surface area contributed by atoms with Crippen LogP contribution in [-0.4, -0.2) is 126 Å². The van der Waals surface area contributed by atoms with Gasteiger partial charge in [0.2, 0.25) is 5.60 Å². The van der Waals surface area contributed by atoms with Gasteiger partial charge in [0.25, 0.3) is 0 Å². The number of fused-ring (bicyclic) bond motifs is 6. The third-order valence-electron chi connectivity index (χ3n) is 15.2. The lowest BCUT2D eigenvalue weighted by atomic mass is 9.47. The number of rotatable bonds is 7. The van der Waals surface area contributed by atoms with Gasteiger partial charge in [-0.2, -0.15) is 0 Å².